The first-order valence-electron chi connectivity index (χ1n) is 6.01. The van der Waals surface area contributed by atoms with Crippen LogP contribution in [0.4, 0.5) is 11.6 Å². The van der Waals surface area contributed by atoms with E-state index in [0.717, 1.165) is 23.2 Å². The van der Waals surface area contributed by atoms with Crippen molar-refractivity contribution in [1.29, 1.82) is 0 Å². The summed E-state index contributed by atoms with van der Waals surface area (Å²) in [4.78, 5) is 8.32. The van der Waals surface area contributed by atoms with Crippen LogP contribution in [0.25, 0.3) is 0 Å². The second-order valence-corrected chi connectivity index (χ2v) is 4.45. The third-order valence-corrected chi connectivity index (χ3v) is 2.34. The van der Waals surface area contributed by atoms with Gasteiger partial charge >= 0.3 is 0 Å². The normalized spacial score (nSPS) is 10.7. The number of hydrogen-bond acceptors (Lipinski definition) is 5. The number of rotatable bonds is 5. The quantitative estimate of drug-likeness (QED) is 0.849. The van der Waals surface area contributed by atoms with Gasteiger partial charge in [0.25, 0.3) is 0 Å². The molecule has 0 atom stereocenters. The van der Waals surface area contributed by atoms with Gasteiger partial charge in [-0.05, 0) is 32.9 Å². The molecule has 0 aliphatic carbocycles. The first-order valence-corrected chi connectivity index (χ1v) is 6.01. The molecule has 96 valence electrons. The molecule has 0 radical (unpaired) electrons. The number of aromatic nitrogens is 2. The van der Waals surface area contributed by atoms with Gasteiger partial charge in [-0.3, -0.25) is 0 Å². The van der Waals surface area contributed by atoms with Crippen LogP contribution in [0.5, 0.6) is 0 Å². The lowest BCUT2D eigenvalue weighted by atomic mass is 10.4. The predicted molar refractivity (Wildman–Crippen MR) is 71.6 cm³/mol. The van der Waals surface area contributed by atoms with Crippen LogP contribution in [0.2, 0.25) is 0 Å². The molecule has 2 rings (SSSR count). The lowest BCUT2D eigenvalue weighted by molar-refractivity contribution is 0.490. The zero-order valence-electron chi connectivity index (χ0n) is 10.9. The number of anilines is 2. The van der Waals surface area contributed by atoms with Gasteiger partial charge < -0.3 is 15.1 Å². The molecule has 5 heteroatoms. The van der Waals surface area contributed by atoms with E-state index in [1.807, 2.05) is 25.1 Å². The summed E-state index contributed by atoms with van der Waals surface area (Å²) in [7, 11) is 0. The van der Waals surface area contributed by atoms with Crippen LogP contribution in [0, 0.1) is 6.92 Å². The first-order chi connectivity index (χ1) is 8.63. The van der Waals surface area contributed by atoms with Crippen LogP contribution in [0.15, 0.2) is 28.9 Å². The van der Waals surface area contributed by atoms with Crippen molar-refractivity contribution >= 4 is 11.6 Å². The average Bonchev–Trinajstić information content (AvgIpc) is 2.72. The maximum Gasteiger partial charge on any atom is 0.131 e. The van der Waals surface area contributed by atoms with Crippen molar-refractivity contribution in [2.75, 3.05) is 10.6 Å². The first kappa shape index (κ1) is 12.4. The highest BCUT2D eigenvalue weighted by Crippen LogP contribution is 2.12. The van der Waals surface area contributed by atoms with Crippen LogP contribution in [0.1, 0.15) is 25.4 Å². The van der Waals surface area contributed by atoms with Crippen molar-refractivity contribution in [2.24, 2.45) is 0 Å². The fourth-order valence-corrected chi connectivity index (χ4v) is 1.59. The van der Waals surface area contributed by atoms with Gasteiger partial charge in [0.1, 0.15) is 29.5 Å². The number of nitrogens with one attached hydrogen (secondary N) is 2. The van der Waals surface area contributed by atoms with E-state index in [2.05, 4.69) is 34.4 Å². The lowest BCUT2D eigenvalue weighted by Crippen LogP contribution is -2.11. The summed E-state index contributed by atoms with van der Waals surface area (Å²) in [5.74, 6) is 3.40. The zero-order valence-corrected chi connectivity index (χ0v) is 10.9. The van der Waals surface area contributed by atoms with E-state index in [1.54, 1.807) is 6.33 Å². The maximum absolute atomic E-state index is 5.48. The Kier molecular flexibility index (Phi) is 3.82. The highest BCUT2D eigenvalue weighted by atomic mass is 16.3. The van der Waals surface area contributed by atoms with E-state index in [1.165, 1.54) is 0 Å². The molecular weight excluding hydrogens is 228 g/mol. The SMILES string of the molecule is Cc1ccc(CNc2cc(NC(C)C)ncn2)o1. The molecule has 0 bridgehead atoms. The van der Waals surface area contributed by atoms with E-state index < -0.39 is 0 Å². The number of hydrogen-bond donors (Lipinski definition) is 2. The minimum atomic E-state index is 0.348. The average molecular weight is 246 g/mol. The van der Waals surface area contributed by atoms with Gasteiger partial charge in [-0.15, -0.1) is 0 Å². The third-order valence-electron chi connectivity index (χ3n) is 2.34. The minimum Gasteiger partial charge on any atom is -0.465 e. The third kappa shape index (κ3) is 3.48. The highest BCUT2D eigenvalue weighted by molar-refractivity contribution is 5.46. The van der Waals surface area contributed by atoms with Crippen molar-refractivity contribution in [3.05, 3.63) is 36.0 Å². The fraction of sp³-hybridized carbons (Fsp3) is 0.385. The zero-order chi connectivity index (χ0) is 13.0. The Morgan fingerprint density at radius 1 is 1.22 bits per heavy atom. The highest BCUT2D eigenvalue weighted by Gasteiger charge is 2.02. The molecule has 2 N–H and O–H groups in total. The number of aryl methyl sites for hydroxylation is 1. The molecule has 2 aromatic heterocycles. The number of furan rings is 1. The Balaban J connectivity index is 1.96. The molecule has 0 spiro atoms. The molecule has 0 amide bonds. The second kappa shape index (κ2) is 5.53. The molecule has 0 aromatic carbocycles. The molecule has 0 saturated carbocycles. The Morgan fingerprint density at radius 2 is 2.00 bits per heavy atom. The molecule has 5 nitrogen and oxygen atoms in total. The fourth-order valence-electron chi connectivity index (χ4n) is 1.59. The lowest BCUT2D eigenvalue weighted by Gasteiger charge is -2.10. The van der Waals surface area contributed by atoms with E-state index >= 15 is 0 Å². The Morgan fingerprint density at radius 3 is 2.67 bits per heavy atom. The Labute approximate surface area is 107 Å². The van der Waals surface area contributed by atoms with E-state index in [-0.39, 0.29) is 0 Å². The number of nitrogens with zero attached hydrogens (tertiary/aromatic N) is 2. The van der Waals surface area contributed by atoms with Gasteiger partial charge in [0.2, 0.25) is 0 Å². The van der Waals surface area contributed by atoms with Crippen LogP contribution in [0.3, 0.4) is 0 Å². The van der Waals surface area contributed by atoms with Gasteiger partial charge in [-0.25, -0.2) is 9.97 Å². The van der Waals surface area contributed by atoms with Crippen molar-refractivity contribution in [1.82, 2.24) is 9.97 Å². The summed E-state index contributed by atoms with van der Waals surface area (Å²) in [6.45, 7) is 6.69. The molecule has 18 heavy (non-hydrogen) atoms. The summed E-state index contributed by atoms with van der Waals surface area (Å²) in [6, 6.07) is 6.13. The van der Waals surface area contributed by atoms with Gasteiger partial charge in [0.05, 0.1) is 6.54 Å². The summed E-state index contributed by atoms with van der Waals surface area (Å²) >= 11 is 0. The molecule has 0 fully saturated rings. The van der Waals surface area contributed by atoms with Crippen molar-refractivity contribution in [3.63, 3.8) is 0 Å². The standard InChI is InChI=1S/C13H18N4O/c1-9(2)17-13-6-12(15-8-16-13)14-7-11-5-4-10(3)18-11/h4-6,8-9H,7H2,1-3H3,(H2,14,15,16,17). The van der Waals surface area contributed by atoms with Crippen LogP contribution < -0.4 is 10.6 Å². The minimum absolute atomic E-state index is 0.348. The van der Waals surface area contributed by atoms with E-state index in [4.69, 9.17) is 4.42 Å². The largest absolute Gasteiger partial charge is 0.465 e. The summed E-state index contributed by atoms with van der Waals surface area (Å²) in [5, 5.41) is 6.44. The van der Waals surface area contributed by atoms with Crippen LogP contribution in [-0.2, 0) is 6.54 Å². The molecule has 2 aromatic rings. The Bertz CT molecular complexity index is 507. The maximum atomic E-state index is 5.48. The monoisotopic (exact) mass is 246 g/mol. The molecule has 0 unspecified atom stereocenters. The van der Waals surface area contributed by atoms with Gasteiger partial charge in [-0.2, -0.15) is 0 Å². The summed E-state index contributed by atoms with van der Waals surface area (Å²) in [5.41, 5.74) is 0. The van der Waals surface area contributed by atoms with E-state index in [9.17, 15) is 0 Å². The van der Waals surface area contributed by atoms with Crippen molar-refractivity contribution < 1.29 is 4.42 Å². The molecule has 0 aliphatic rings. The summed E-state index contributed by atoms with van der Waals surface area (Å²) < 4.78 is 5.48. The molecular formula is C13H18N4O. The van der Waals surface area contributed by atoms with Gasteiger partial charge in [0, 0.05) is 12.1 Å². The molecule has 2 heterocycles. The van der Waals surface area contributed by atoms with Crippen LogP contribution >= 0.6 is 0 Å². The molecule has 0 aliphatic heterocycles. The van der Waals surface area contributed by atoms with Crippen molar-refractivity contribution in [3.8, 4) is 0 Å². The second-order valence-electron chi connectivity index (χ2n) is 4.45. The summed E-state index contributed by atoms with van der Waals surface area (Å²) in [6.07, 6.45) is 1.54. The van der Waals surface area contributed by atoms with Gasteiger partial charge in [-0.1, -0.05) is 0 Å². The molecule has 0 saturated heterocycles. The van der Waals surface area contributed by atoms with Gasteiger partial charge in [0.15, 0.2) is 0 Å². The topological polar surface area (TPSA) is 63.0 Å². The predicted octanol–water partition coefficient (Wildman–Crippen LogP) is 2.81. The smallest absolute Gasteiger partial charge is 0.131 e. The Hall–Kier alpha value is -2.04. The van der Waals surface area contributed by atoms with Crippen molar-refractivity contribution in [2.45, 2.75) is 33.4 Å². The van der Waals surface area contributed by atoms with Crippen LogP contribution in [-0.4, -0.2) is 16.0 Å². The van der Waals surface area contributed by atoms with E-state index in [0.29, 0.717) is 12.6 Å².